The summed E-state index contributed by atoms with van der Waals surface area (Å²) in [6, 6.07) is -1.33. The van der Waals surface area contributed by atoms with Gasteiger partial charge in [-0.3, -0.25) is 4.79 Å². The van der Waals surface area contributed by atoms with E-state index in [0.29, 0.717) is 12.5 Å². The first kappa shape index (κ1) is 17.3. The number of carboxylic acid groups (broad SMARTS) is 2. The smallest absolute Gasteiger partial charge is 0.326 e. The summed E-state index contributed by atoms with van der Waals surface area (Å²) in [5, 5.41) is 20.2. The predicted octanol–water partition coefficient (Wildman–Crippen LogP) is 1.52. The van der Waals surface area contributed by atoms with Crippen molar-refractivity contribution in [2.75, 3.05) is 6.54 Å². The lowest BCUT2D eigenvalue weighted by atomic mass is 9.94. The average molecular weight is 300 g/mol. The van der Waals surface area contributed by atoms with Gasteiger partial charge in [-0.2, -0.15) is 0 Å². The van der Waals surface area contributed by atoms with Crippen LogP contribution in [0.15, 0.2) is 0 Å². The zero-order valence-corrected chi connectivity index (χ0v) is 12.5. The molecule has 1 aliphatic heterocycles. The summed E-state index contributed by atoms with van der Waals surface area (Å²) in [5.41, 5.74) is 0. The molecule has 7 heteroatoms. The Hall–Kier alpha value is -1.79. The molecular weight excluding hydrogens is 276 g/mol. The summed E-state index contributed by atoms with van der Waals surface area (Å²) in [6.45, 7) is 4.71. The molecule has 1 rings (SSSR count). The minimum absolute atomic E-state index is 0.0854. The van der Waals surface area contributed by atoms with E-state index in [4.69, 9.17) is 10.2 Å². The fourth-order valence-electron chi connectivity index (χ4n) is 2.66. The second-order valence-corrected chi connectivity index (χ2v) is 5.80. The molecular formula is C14H24N2O5. The van der Waals surface area contributed by atoms with E-state index >= 15 is 0 Å². The van der Waals surface area contributed by atoms with Crippen LogP contribution in [0.2, 0.25) is 0 Å². The van der Waals surface area contributed by atoms with E-state index < -0.39 is 18.0 Å². The highest BCUT2D eigenvalue weighted by Gasteiger charge is 2.29. The average Bonchev–Trinajstić information content (AvgIpc) is 2.36. The SMILES string of the molecule is CC1CCN(C(=O)N[C@H](CCCC(=O)O)C(=O)O)C(C)C1. The van der Waals surface area contributed by atoms with Gasteiger partial charge in [0.1, 0.15) is 6.04 Å². The van der Waals surface area contributed by atoms with Gasteiger partial charge in [-0.1, -0.05) is 6.92 Å². The largest absolute Gasteiger partial charge is 0.481 e. The summed E-state index contributed by atoms with van der Waals surface area (Å²) < 4.78 is 0. The van der Waals surface area contributed by atoms with Gasteiger partial charge in [0.2, 0.25) is 0 Å². The first-order valence-corrected chi connectivity index (χ1v) is 7.33. The quantitative estimate of drug-likeness (QED) is 0.689. The van der Waals surface area contributed by atoms with E-state index in [1.54, 1.807) is 4.90 Å². The lowest BCUT2D eigenvalue weighted by molar-refractivity contribution is -0.140. The molecule has 3 atom stereocenters. The van der Waals surface area contributed by atoms with E-state index in [9.17, 15) is 14.4 Å². The number of rotatable bonds is 6. The van der Waals surface area contributed by atoms with Crippen LogP contribution in [0.25, 0.3) is 0 Å². The Morgan fingerprint density at radius 2 is 1.95 bits per heavy atom. The lowest BCUT2D eigenvalue weighted by Gasteiger charge is -2.37. The molecule has 2 amide bonds. The maximum Gasteiger partial charge on any atom is 0.326 e. The molecule has 0 saturated carbocycles. The molecule has 0 spiro atoms. The number of hydrogen-bond acceptors (Lipinski definition) is 3. The number of urea groups is 1. The number of carbonyl (C=O) groups is 3. The van der Waals surface area contributed by atoms with Crippen LogP contribution in [0.5, 0.6) is 0 Å². The van der Waals surface area contributed by atoms with Gasteiger partial charge < -0.3 is 20.4 Å². The third kappa shape index (κ3) is 5.61. The summed E-state index contributed by atoms with van der Waals surface area (Å²) >= 11 is 0. The van der Waals surface area contributed by atoms with Crippen molar-refractivity contribution in [3.8, 4) is 0 Å². The molecule has 1 aliphatic rings. The fraction of sp³-hybridized carbons (Fsp3) is 0.786. The van der Waals surface area contributed by atoms with Gasteiger partial charge in [-0.05, 0) is 38.5 Å². The van der Waals surface area contributed by atoms with Crippen molar-refractivity contribution in [2.45, 2.75) is 58.0 Å². The topological polar surface area (TPSA) is 107 Å². The lowest BCUT2D eigenvalue weighted by Crippen LogP contribution is -2.53. The van der Waals surface area contributed by atoms with Crippen LogP contribution in [0.1, 0.15) is 46.0 Å². The van der Waals surface area contributed by atoms with Crippen molar-refractivity contribution in [2.24, 2.45) is 5.92 Å². The number of nitrogens with zero attached hydrogens (tertiary/aromatic N) is 1. The highest BCUT2D eigenvalue weighted by atomic mass is 16.4. The first-order chi connectivity index (χ1) is 9.81. The zero-order chi connectivity index (χ0) is 16.0. The Morgan fingerprint density at radius 3 is 2.48 bits per heavy atom. The predicted molar refractivity (Wildman–Crippen MR) is 76.0 cm³/mol. The van der Waals surface area contributed by atoms with Crippen LogP contribution in [0.3, 0.4) is 0 Å². The fourth-order valence-corrected chi connectivity index (χ4v) is 2.66. The Bertz CT molecular complexity index is 399. The molecule has 7 nitrogen and oxygen atoms in total. The molecule has 0 aliphatic carbocycles. The highest BCUT2D eigenvalue weighted by Crippen LogP contribution is 2.22. The summed E-state index contributed by atoms with van der Waals surface area (Å²) in [7, 11) is 0. The van der Waals surface area contributed by atoms with Crippen molar-refractivity contribution in [3.63, 3.8) is 0 Å². The van der Waals surface area contributed by atoms with Gasteiger partial charge in [0.25, 0.3) is 0 Å². The summed E-state index contributed by atoms with van der Waals surface area (Å²) in [4.78, 5) is 35.4. The molecule has 1 heterocycles. The first-order valence-electron chi connectivity index (χ1n) is 7.33. The maximum absolute atomic E-state index is 12.2. The van der Waals surface area contributed by atoms with Crippen LogP contribution in [0, 0.1) is 5.92 Å². The van der Waals surface area contributed by atoms with E-state index in [-0.39, 0.29) is 31.3 Å². The minimum Gasteiger partial charge on any atom is -0.481 e. The Balaban J connectivity index is 2.52. The van der Waals surface area contributed by atoms with Crippen LogP contribution >= 0.6 is 0 Å². The second kappa shape index (κ2) is 7.85. The van der Waals surface area contributed by atoms with Crippen molar-refractivity contribution >= 4 is 18.0 Å². The number of likely N-dealkylation sites (tertiary alicyclic amines) is 1. The van der Waals surface area contributed by atoms with E-state index in [1.807, 2.05) is 6.92 Å². The molecule has 1 fully saturated rings. The second-order valence-electron chi connectivity index (χ2n) is 5.80. The zero-order valence-electron chi connectivity index (χ0n) is 12.5. The van der Waals surface area contributed by atoms with Crippen LogP contribution in [-0.2, 0) is 9.59 Å². The Labute approximate surface area is 124 Å². The highest BCUT2D eigenvalue weighted by molar-refractivity contribution is 5.82. The number of carbonyl (C=O) groups excluding carboxylic acids is 1. The third-order valence-corrected chi connectivity index (χ3v) is 3.88. The molecule has 3 N–H and O–H groups in total. The van der Waals surface area contributed by atoms with E-state index in [2.05, 4.69) is 12.2 Å². The van der Waals surface area contributed by atoms with Gasteiger partial charge >= 0.3 is 18.0 Å². The molecule has 0 bridgehead atoms. The minimum atomic E-state index is -1.13. The molecule has 21 heavy (non-hydrogen) atoms. The molecule has 2 unspecified atom stereocenters. The van der Waals surface area contributed by atoms with Gasteiger partial charge in [-0.15, -0.1) is 0 Å². The van der Waals surface area contributed by atoms with Gasteiger partial charge in [-0.25, -0.2) is 9.59 Å². The normalized spacial score (nSPS) is 23.4. The standard InChI is InChI=1S/C14H24N2O5/c1-9-6-7-16(10(2)8-9)14(21)15-11(13(19)20)4-3-5-12(17)18/h9-11H,3-8H2,1-2H3,(H,15,21)(H,17,18)(H,19,20)/t9?,10?,11-/m1/s1. The van der Waals surface area contributed by atoms with E-state index in [0.717, 1.165) is 12.8 Å². The Morgan fingerprint density at radius 1 is 1.29 bits per heavy atom. The number of aliphatic carboxylic acids is 2. The van der Waals surface area contributed by atoms with Crippen LogP contribution in [-0.4, -0.2) is 51.7 Å². The number of nitrogens with one attached hydrogen (secondary N) is 1. The van der Waals surface area contributed by atoms with Crippen molar-refractivity contribution < 1.29 is 24.6 Å². The molecule has 0 aromatic heterocycles. The molecule has 1 saturated heterocycles. The number of piperidine rings is 1. The Kier molecular flexibility index (Phi) is 6.45. The van der Waals surface area contributed by atoms with Crippen molar-refractivity contribution in [1.29, 1.82) is 0 Å². The third-order valence-electron chi connectivity index (χ3n) is 3.88. The number of carboxylic acids is 2. The van der Waals surface area contributed by atoms with Crippen LogP contribution < -0.4 is 5.32 Å². The molecule has 120 valence electrons. The number of amides is 2. The summed E-state index contributed by atoms with van der Waals surface area (Å²) in [6.07, 6.45) is 2.06. The maximum atomic E-state index is 12.2. The van der Waals surface area contributed by atoms with Crippen molar-refractivity contribution in [1.82, 2.24) is 10.2 Å². The van der Waals surface area contributed by atoms with Gasteiger partial charge in [0.05, 0.1) is 0 Å². The monoisotopic (exact) mass is 300 g/mol. The van der Waals surface area contributed by atoms with Gasteiger partial charge in [0, 0.05) is 19.0 Å². The van der Waals surface area contributed by atoms with Gasteiger partial charge in [0.15, 0.2) is 0 Å². The summed E-state index contributed by atoms with van der Waals surface area (Å²) in [5.74, 6) is -1.54. The van der Waals surface area contributed by atoms with E-state index in [1.165, 1.54) is 0 Å². The molecule has 0 aromatic rings. The molecule has 0 radical (unpaired) electrons. The molecule has 0 aromatic carbocycles. The number of hydrogen-bond donors (Lipinski definition) is 3. The van der Waals surface area contributed by atoms with Crippen molar-refractivity contribution in [3.05, 3.63) is 0 Å². The van der Waals surface area contributed by atoms with Crippen LogP contribution in [0.4, 0.5) is 4.79 Å².